The van der Waals surface area contributed by atoms with Crippen LogP contribution in [-0.4, -0.2) is 24.3 Å². The molecule has 1 saturated heterocycles. The van der Waals surface area contributed by atoms with Crippen LogP contribution in [-0.2, 0) is 20.7 Å². The quantitative estimate of drug-likeness (QED) is 0.664. The molecule has 0 aromatic heterocycles. The third-order valence-corrected chi connectivity index (χ3v) is 3.58. The molecule has 0 aliphatic carbocycles. The zero-order valence-electron chi connectivity index (χ0n) is 12.2. The minimum absolute atomic E-state index is 0.0467. The molecule has 1 aliphatic heterocycles. The monoisotopic (exact) mass is 277 g/mol. The van der Waals surface area contributed by atoms with Gasteiger partial charge in [0.1, 0.15) is 6.61 Å². The highest BCUT2D eigenvalue weighted by Gasteiger charge is 2.32. The summed E-state index contributed by atoms with van der Waals surface area (Å²) in [5, 5.41) is 0. The third kappa shape index (κ3) is 4.53. The Bertz CT molecular complexity index is 453. The number of hydrogen-bond donors (Lipinski definition) is 1. The minimum Gasteiger partial charge on any atom is -0.463 e. The molecule has 1 heterocycles. The SMILES string of the molecule is CC1(C)CCC(COC(=O)CCc2ccc(N)cc2)O1. The molecule has 1 aromatic carbocycles. The predicted molar refractivity (Wildman–Crippen MR) is 78.3 cm³/mol. The van der Waals surface area contributed by atoms with Crippen molar-refractivity contribution in [1.82, 2.24) is 0 Å². The number of ether oxygens (including phenoxy) is 2. The van der Waals surface area contributed by atoms with Crippen molar-refractivity contribution in [3.05, 3.63) is 29.8 Å². The van der Waals surface area contributed by atoms with E-state index in [-0.39, 0.29) is 17.7 Å². The Morgan fingerprint density at radius 3 is 2.70 bits per heavy atom. The van der Waals surface area contributed by atoms with Gasteiger partial charge in [-0.05, 0) is 50.8 Å². The Balaban J connectivity index is 1.67. The van der Waals surface area contributed by atoms with Crippen molar-refractivity contribution in [3.8, 4) is 0 Å². The van der Waals surface area contributed by atoms with Crippen LogP contribution in [0.3, 0.4) is 0 Å². The van der Waals surface area contributed by atoms with Crippen LogP contribution < -0.4 is 5.73 Å². The number of nitrogens with two attached hydrogens (primary N) is 1. The number of anilines is 1. The summed E-state index contributed by atoms with van der Waals surface area (Å²) in [6.45, 7) is 4.50. The van der Waals surface area contributed by atoms with Crippen molar-refractivity contribution >= 4 is 11.7 Å². The highest BCUT2D eigenvalue weighted by molar-refractivity contribution is 5.69. The van der Waals surface area contributed by atoms with E-state index < -0.39 is 0 Å². The molecular formula is C16H23NO3. The lowest BCUT2D eigenvalue weighted by Gasteiger charge is -2.19. The summed E-state index contributed by atoms with van der Waals surface area (Å²) in [6, 6.07) is 7.56. The second-order valence-corrected chi connectivity index (χ2v) is 5.96. The number of esters is 1. The lowest BCUT2D eigenvalue weighted by atomic mass is 10.1. The maximum atomic E-state index is 11.7. The maximum Gasteiger partial charge on any atom is 0.306 e. The molecule has 0 saturated carbocycles. The van der Waals surface area contributed by atoms with Gasteiger partial charge in [0.05, 0.1) is 11.7 Å². The molecule has 1 aromatic rings. The van der Waals surface area contributed by atoms with Gasteiger partial charge in [-0.25, -0.2) is 0 Å². The molecule has 4 heteroatoms. The van der Waals surface area contributed by atoms with Gasteiger partial charge >= 0.3 is 5.97 Å². The molecule has 4 nitrogen and oxygen atoms in total. The molecule has 20 heavy (non-hydrogen) atoms. The van der Waals surface area contributed by atoms with Crippen molar-refractivity contribution in [3.63, 3.8) is 0 Å². The number of benzene rings is 1. The van der Waals surface area contributed by atoms with Gasteiger partial charge in [-0.2, -0.15) is 0 Å². The lowest BCUT2D eigenvalue weighted by molar-refractivity contribution is -0.148. The number of nitrogen functional groups attached to an aromatic ring is 1. The molecule has 1 unspecified atom stereocenters. The zero-order valence-corrected chi connectivity index (χ0v) is 12.2. The van der Waals surface area contributed by atoms with Gasteiger partial charge in [-0.1, -0.05) is 12.1 Å². The second-order valence-electron chi connectivity index (χ2n) is 5.96. The topological polar surface area (TPSA) is 61.5 Å². The van der Waals surface area contributed by atoms with E-state index in [1.807, 2.05) is 24.3 Å². The van der Waals surface area contributed by atoms with E-state index in [0.717, 1.165) is 24.1 Å². The van der Waals surface area contributed by atoms with Crippen LogP contribution >= 0.6 is 0 Å². The van der Waals surface area contributed by atoms with E-state index in [2.05, 4.69) is 13.8 Å². The van der Waals surface area contributed by atoms with Crippen molar-refractivity contribution < 1.29 is 14.3 Å². The standard InChI is InChI=1S/C16H23NO3/c1-16(2)10-9-14(20-16)11-19-15(18)8-5-12-3-6-13(17)7-4-12/h3-4,6-7,14H,5,8-11,17H2,1-2H3. The van der Waals surface area contributed by atoms with E-state index in [9.17, 15) is 4.79 Å². The molecule has 2 N–H and O–H groups in total. The highest BCUT2D eigenvalue weighted by atomic mass is 16.6. The van der Waals surface area contributed by atoms with Crippen molar-refractivity contribution in [2.75, 3.05) is 12.3 Å². The van der Waals surface area contributed by atoms with E-state index >= 15 is 0 Å². The van der Waals surface area contributed by atoms with E-state index in [4.69, 9.17) is 15.2 Å². The number of carbonyl (C=O) groups is 1. The second kappa shape index (κ2) is 6.27. The Morgan fingerprint density at radius 2 is 2.10 bits per heavy atom. The first kappa shape index (κ1) is 14.9. The molecule has 1 fully saturated rings. The summed E-state index contributed by atoms with van der Waals surface area (Å²) in [6.07, 6.45) is 3.08. The minimum atomic E-state index is -0.171. The Kier molecular flexibility index (Phi) is 4.65. The fourth-order valence-electron chi connectivity index (χ4n) is 2.38. The molecule has 2 rings (SSSR count). The molecule has 0 radical (unpaired) electrons. The first-order chi connectivity index (χ1) is 9.44. The largest absolute Gasteiger partial charge is 0.463 e. The van der Waals surface area contributed by atoms with Crippen molar-refractivity contribution in [2.24, 2.45) is 0 Å². The first-order valence-corrected chi connectivity index (χ1v) is 7.12. The van der Waals surface area contributed by atoms with Crippen LogP contribution in [0.15, 0.2) is 24.3 Å². The van der Waals surface area contributed by atoms with E-state index in [0.29, 0.717) is 19.4 Å². The smallest absolute Gasteiger partial charge is 0.306 e. The van der Waals surface area contributed by atoms with Crippen LogP contribution in [0.1, 0.15) is 38.7 Å². The average Bonchev–Trinajstić information content (AvgIpc) is 2.75. The normalized spacial score (nSPS) is 20.8. The average molecular weight is 277 g/mol. The fourth-order valence-corrected chi connectivity index (χ4v) is 2.38. The predicted octanol–water partition coefficient (Wildman–Crippen LogP) is 2.70. The Morgan fingerprint density at radius 1 is 1.40 bits per heavy atom. The van der Waals surface area contributed by atoms with Crippen LogP contribution in [0.4, 0.5) is 5.69 Å². The molecule has 0 spiro atoms. The number of rotatable bonds is 5. The van der Waals surface area contributed by atoms with Gasteiger partial charge in [0.15, 0.2) is 0 Å². The molecule has 0 amide bonds. The first-order valence-electron chi connectivity index (χ1n) is 7.12. The Hall–Kier alpha value is -1.55. The van der Waals surface area contributed by atoms with Crippen LogP contribution in [0.25, 0.3) is 0 Å². The van der Waals surface area contributed by atoms with Crippen LogP contribution in [0.2, 0.25) is 0 Å². The van der Waals surface area contributed by atoms with Gasteiger partial charge in [0.25, 0.3) is 0 Å². The summed E-state index contributed by atoms with van der Waals surface area (Å²) < 4.78 is 11.1. The summed E-state index contributed by atoms with van der Waals surface area (Å²) in [5.41, 5.74) is 7.36. The van der Waals surface area contributed by atoms with Crippen LogP contribution in [0.5, 0.6) is 0 Å². The van der Waals surface area contributed by atoms with Crippen LogP contribution in [0, 0.1) is 0 Å². The fraction of sp³-hybridized carbons (Fsp3) is 0.562. The number of carbonyl (C=O) groups excluding carboxylic acids is 1. The molecular weight excluding hydrogens is 254 g/mol. The van der Waals surface area contributed by atoms with Gasteiger partial charge in [-0.3, -0.25) is 4.79 Å². The number of hydrogen-bond acceptors (Lipinski definition) is 4. The van der Waals surface area contributed by atoms with Gasteiger partial charge in [-0.15, -0.1) is 0 Å². The van der Waals surface area contributed by atoms with Crippen molar-refractivity contribution in [2.45, 2.75) is 51.2 Å². The molecule has 110 valence electrons. The molecule has 1 atom stereocenters. The summed E-state index contributed by atoms with van der Waals surface area (Å²) in [5.74, 6) is -0.171. The lowest BCUT2D eigenvalue weighted by Crippen LogP contribution is -2.24. The summed E-state index contributed by atoms with van der Waals surface area (Å²) >= 11 is 0. The van der Waals surface area contributed by atoms with E-state index in [1.54, 1.807) is 0 Å². The van der Waals surface area contributed by atoms with Gasteiger partial charge in [0.2, 0.25) is 0 Å². The highest BCUT2D eigenvalue weighted by Crippen LogP contribution is 2.29. The van der Waals surface area contributed by atoms with Gasteiger partial charge in [0, 0.05) is 12.1 Å². The summed E-state index contributed by atoms with van der Waals surface area (Å²) in [4.78, 5) is 11.7. The van der Waals surface area contributed by atoms with E-state index in [1.165, 1.54) is 0 Å². The zero-order chi connectivity index (χ0) is 14.6. The molecule has 0 bridgehead atoms. The third-order valence-electron chi connectivity index (χ3n) is 3.58. The Labute approximate surface area is 120 Å². The maximum absolute atomic E-state index is 11.7. The summed E-state index contributed by atoms with van der Waals surface area (Å²) in [7, 11) is 0. The molecule has 1 aliphatic rings. The van der Waals surface area contributed by atoms with Gasteiger partial charge < -0.3 is 15.2 Å². The van der Waals surface area contributed by atoms with Crippen molar-refractivity contribution in [1.29, 1.82) is 0 Å². The number of aryl methyl sites for hydroxylation is 1.